The van der Waals surface area contributed by atoms with Crippen LogP contribution < -0.4 is 5.56 Å². The fraction of sp³-hybridized carbons (Fsp3) is 0.188. The molecule has 0 bridgehead atoms. The van der Waals surface area contributed by atoms with Crippen LogP contribution in [-0.2, 0) is 0 Å². The van der Waals surface area contributed by atoms with Gasteiger partial charge in [0.2, 0.25) is 0 Å². The van der Waals surface area contributed by atoms with E-state index in [0.717, 1.165) is 10.6 Å². The summed E-state index contributed by atoms with van der Waals surface area (Å²) in [4.78, 5) is 12.8. The maximum Gasteiger partial charge on any atom is 0.292 e. The van der Waals surface area contributed by atoms with Crippen LogP contribution in [0.4, 0.5) is 11.4 Å². The Morgan fingerprint density at radius 2 is 1.82 bits per heavy atom. The molecule has 3 aromatic rings. The Morgan fingerprint density at radius 3 is 2.45 bits per heavy atom. The van der Waals surface area contributed by atoms with Crippen molar-refractivity contribution < 1.29 is 0 Å². The molecule has 0 aliphatic heterocycles. The highest BCUT2D eigenvalue weighted by Crippen LogP contribution is 2.30. The summed E-state index contributed by atoms with van der Waals surface area (Å²) in [6.07, 6.45) is 0. The van der Waals surface area contributed by atoms with Crippen LogP contribution in [0.5, 0.6) is 0 Å². The van der Waals surface area contributed by atoms with E-state index in [2.05, 4.69) is 34.3 Å². The fourth-order valence-corrected chi connectivity index (χ4v) is 2.81. The zero-order chi connectivity index (χ0) is 15.5. The Bertz CT molecular complexity index is 826. The number of hydrogen-bond donors (Lipinski definition) is 2. The first kappa shape index (κ1) is 14.5. The zero-order valence-corrected chi connectivity index (χ0v) is 13.1. The number of aromatic nitrogens is 2. The molecule has 2 aromatic heterocycles. The molecule has 5 nitrogen and oxygen atoms in total. The van der Waals surface area contributed by atoms with Crippen molar-refractivity contribution >= 4 is 22.7 Å². The first-order valence-electron chi connectivity index (χ1n) is 7.01. The summed E-state index contributed by atoms with van der Waals surface area (Å²) in [5, 5.41) is 15.7. The van der Waals surface area contributed by atoms with Gasteiger partial charge in [0.05, 0.1) is 10.6 Å². The molecule has 0 radical (unpaired) electrons. The molecule has 0 saturated heterocycles. The number of aromatic amines is 2. The molecule has 0 spiro atoms. The molecule has 0 unspecified atom stereocenters. The summed E-state index contributed by atoms with van der Waals surface area (Å²) >= 11 is 1.54. The molecule has 2 heterocycles. The van der Waals surface area contributed by atoms with Crippen molar-refractivity contribution in [3.05, 3.63) is 57.7 Å². The van der Waals surface area contributed by atoms with Crippen LogP contribution in [0.25, 0.3) is 10.6 Å². The second-order valence-electron chi connectivity index (χ2n) is 5.23. The van der Waals surface area contributed by atoms with Gasteiger partial charge in [-0.05, 0) is 35.1 Å². The van der Waals surface area contributed by atoms with E-state index in [4.69, 9.17) is 0 Å². The van der Waals surface area contributed by atoms with Crippen molar-refractivity contribution in [2.45, 2.75) is 19.8 Å². The van der Waals surface area contributed by atoms with Crippen molar-refractivity contribution in [2.24, 2.45) is 10.2 Å². The van der Waals surface area contributed by atoms with Crippen LogP contribution in [0.1, 0.15) is 25.3 Å². The second kappa shape index (κ2) is 6.11. The summed E-state index contributed by atoms with van der Waals surface area (Å²) in [5.74, 6) is 0.476. The third-order valence-electron chi connectivity index (χ3n) is 3.35. The molecule has 1 aromatic carbocycles. The molecule has 0 saturated carbocycles. The summed E-state index contributed by atoms with van der Waals surface area (Å²) < 4.78 is 0. The highest BCUT2D eigenvalue weighted by Gasteiger charge is 2.12. The first-order valence-corrected chi connectivity index (χ1v) is 7.89. The summed E-state index contributed by atoms with van der Waals surface area (Å²) in [6.45, 7) is 4.28. The molecule has 0 aliphatic carbocycles. The lowest BCUT2D eigenvalue weighted by Gasteiger charge is -2.03. The number of rotatable bonds is 4. The Morgan fingerprint density at radius 1 is 1.05 bits per heavy atom. The monoisotopic (exact) mass is 312 g/mol. The van der Waals surface area contributed by atoms with E-state index in [1.807, 2.05) is 41.8 Å². The van der Waals surface area contributed by atoms with Crippen molar-refractivity contribution in [3.63, 3.8) is 0 Å². The number of H-pyrrole nitrogens is 2. The molecular weight excluding hydrogens is 296 g/mol. The molecule has 3 rings (SSSR count). The van der Waals surface area contributed by atoms with Gasteiger partial charge in [-0.3, -0.25) is 15.0 Å². The van der Waals surface area contributed by atoms with Gasteiger partial charge in [-0.15, -0.1) is 16.5 Å². The quantitative estimate of drug-likeness (QED) is 0.656. The number of thiophene rings is 1. The number of azo groups is 1. The topological polar surface area (TPSA) is 73.4 Å². The zero-order valence-electron chi connectivity index (χ0n) is 12.3. The number of benzene rings is 1. The average molecular weight is 312 g/mol. The van der Waals surface area contributed by atoms with Crippen LogP contribution >= 0.6 is 11.3 Å². The van der Waals surface area contributed by atoms with Crippen LogP contribution in [0.15, 0.2) is 56.8 Å². The lowest BCUT2D eigenvalue weighted by molar-refractivity contribution is 0.866. The van der Waals surface area contributed by atoms with Crippen molar-refractivity contribution in [1.29, 1.82) is 0 Å². The van der Waals surface area contributed by atoms with E-state index in [1.165, 1.54) is 16.9 Å². The van der Waals surface area contributed by atoms with Gasteiger partial charge >= 0.3 is 0 Å². The molecule has 0 atom stereocenters. The van der Waals surface area contributed by atoms with Gasteiger partial charge in [0.25, 0.3) is 5.56 Å². The summed E-state index contributed by atoms with van der Waals surface area (Å²) in [6, 6.07) is 11.7. The Labute approximate surface area is 131 Å². The number of nitrogens with one attached hydrogen (secondary N) is 2. The number of nitrogens with zero attached hydrogens (tertiary/aromatic N) is 2. The van der Waals surface area contributed by atoms with Crippen molar-refractivity contribution in [1.82, 2.24) is 10.2 Å². The molecule has 2 N–H and O–H groups in total. The lowest BCUT2D eigenvalue weighted by Crippen LogP contribution is -1.96. The van der Waals surface area contributed by atoms with Crippen LogP contribution in [0, 0.1) is 0 Å². The molecule has 0 fully saturated rings. The maximum absolute atomic E-state index is 11.9. The first-order chi connectivity index (χ1) is 10.6. The molecule has 6 heteroatoms. The Kier molecular flexibility index (Phi) is 4.02. The highest BCUT2D eigenvalue weighted by molar-refractivity contribution is 7.13. The van der Waals surface area contributed by atoms with Crippen molar-refractivity contribution in [2.75, 3.05) is 0 Å². The maximum atomic E-state index is 11.9. The molecule has 112 valence electrons. The minimum atomic E-state index is -0.272. The molecule has 0 amide bonds. The normalized spacial score (nSPS) is 11.6. The minimum absolute atomic E-state index is 0.272. The van der Waals surface area contributed by atoms with E-state index >= 15 is 0 Å². The lowest BCUT2D eigenvalue weighted by atomic mass is 10.0. The third-order valence-corrected chi connectivity index (χ3v) is 4.23. The fourth-order valence-electron chi connectivity index (χ4n) is 2.08. The van der Waals surface area contributed by atoms with Crippen LogP contribution in [0.3, 0.4) is 0 Å². The molecular formula is C16H16N4OS. The van der Waals surface area contributed by atoms with Crippen LogP contribution in [-0.4, -0.2) is 10.2 Å². The van der Waals surface area contributed by atoms with Gasteiger partial charge in [-0.2, -0.15) is 5.11 Å². The average Bonchev–Trinajstić information content (AvgIpc) is 3.15. The molecule has 22 heavy (non-hydrogen) atoms. The van der Waals surface area contributed by atoms with Gasteiger partial charge in [0, 0.05) is 0 Å². The SMILES string of the molecule is CC(C)c1ccc(N=Nc2c(-c3cccs3)[nH][nH]c2=O)cc1. The van der Waals surface area contributed by atoms with Gasteiger partial charge in [0.15, 0.2) is 5.69 Å². The van der Waals surface area contributed by atoms with Gasteiger partial charge in [-0.1, -0.05) is 32.0 Å². The van der Waals surface area contributed by atoms with Gasteiger partial charge in [-0.25, -0.2) is 0 Å². The third kappa shape index (κ3) is 2.92. The summed E-state index contributed by atoms with van der Waals surface area (Å²) in [5.41, 5.74) is 2.67. The van der Waals surface area contributed by atoms with E-state index in [1.54, 1.807) is 0 Å². The van der Waals surface area contributed by atoms with E-state index in [9.17, 15) is 4.79 Å². The summed E-state index contributed by atoms with van der Waals surface area (Å²) in [7, 11) is 0. The van der Waals surface area contributed by atoms with E-state index < -0.39 is 0 Å². The molecule has 0 aliphatic rings. The van der Waals surface area contributed by atoms with Gasteiger partial charge in [0.1, 0.15) is 5.69 Å². The predicted molar refractivity (Wildman–Crippen MR) is 89.4 cm³/mol. The standard InChI is InChI=1S/C16H16N4OS/c1-10(2)11-5-7-12(8-6-11)17-19-15-14(18-20-16(15)21)13-4-3-9-22-13/h3-10H,1-2H3,(H2,18,20,21). The highest BCUT2D eigenvalue weighted by atomic mass is 32.1. The smallest absolute Gasteiger partial charge is 0.292 e. The van der Waals surface area contributed by atoms with Crippen molar-refractivity contribution in [3.8, 4) is 10.6 Å². The Hall–Kier alpha value is -2.47. The largest absolute Gasteiger partial charge is 0.294 e. The van der Waals surface area contributed by atoms with E-state index in [-0.39, 0.29) is 5.56 Å². The second-order valence-corrected chi connectivity index (χ2v) is 6.17. The van der Waals surface area contributed by atoms with Gasteiger partial charge < -0.3 is 0 Å². The number of hydrogen-bond acceptors (Lipinski definition) is 4. The minimum Gasteiger partial charge on any atom is -0.294 e. The van der Waals surface area contributed by atoms with Crippen LogP contribution in [0.2, 0.25) is 0 Å². The Balaban J connectivity index is 1.90. The van der Waals surface area contributed by atoms with E-state index in [0.29, 0.717) is 17.3 Å². The predicted octanol–water partition coefficient (Wildman–Crippen LogP) is 4.97.